The smallest absolute Gasteiger partial charge is 0.254 e. The third-order valence-corrected chi connectivity index (χ3v) is 8.73. The standard InChI is InChI=1S/C32H41N7O3/c1-20-25-13-12-22-16-26(38(31(22)35-25)15-8-6-4-5-7-11-28(40)34-20)30-21(2)39-27(36-30)17-23(18-29(39)42-3)32(41)37-14-9-10-24(33)19-37/h12-13,16-18,20,24H,4-11,14-15,19,33H2,1-3H3,(H,34,40)/t20-,24-/m1/s1. The molecule has 1 saturated heterocycles. The minimum absolute atomic E-state index is 0.00624. The normalized spacial score (nSPS) is 20.6. The van der Waals surface area contributed by atoms with Gasteiger partial charge in [0.1, 0.15) is 17.0 Å². The lowest BCUT2D eigenvalue weighted by atomic mass is 10.1. The molecule has 0 spiro atoms. The van der Waals surface area contributed by atoms with Crippen LogP contribution in [0.25, 0.3) is 28.1 Å². The van der Waals surface area contributed by atoms with E-state index in [0.29, 0.717) is 36.6 Å². The number of hydrogen-bond donors (Lipinski definition) is 2. The summed E-state index contributed by atoms with van der Waals surface area (Å²) in [5, 5.41) is 4.14. The van der Waals surface area contributed by atoms with Crippen LogP contribution in [0.1, 0.15) is 86.1 Å². The first-order chi connectivity index (χ1) is 20.3. The molecule has 0 radical (unpaired) electrons. The van der Waals surface area contributed by atoms with Crippen LogP contribution in [0.5, 0.6) is 5.88 Å². The van der Waals surface area contributed by atoms with E-state index in [2.05, 4.69) is 22.0 Å². The monoisotopic (exact) mass is 571 g/mol. The van der Waals surface area contributed by atoms with Gasteiger partial charge in [0.05, 0.1) is 30.2 Å². The van der Waals surface area contributed by atoms with Gasteiger partial charge < -0.3 is 25.3 Å². The van der Waals surface area contributed by atoms with Crippen molar-refractivity contribution in [2.24, 2.45) is 5.73 Å². The SMILES string of the molecule is COc1cc(C(=O)N2CCC[C@@H](N)C2)cc2nc(-c3cc4ccc5nc4n3CCCCCCCC(=O)N[C@@H]5C)c(C)n12. The molecule has 2 bridgehead atoms. The molecule has 3 N–H and O–H groups in total. The third-order valence-electron chi connectivity index (χ3n) is 8.73. The van der Waals surface area contributed by atoms with Crippen LogP contribution in [0.15, 0.2) is 30.3 Å². The average molecular weight is 572 g/mol. The molecule has 1 fully saturated rings. The molecule has 2 aliphatic rings. The van der Waals surface area contributed by atoms with Gasteiger partial charge in [0.25, 0.3) is 5.91 Å². The zero-order valence-electron chi connectivity index (χ0n) is 24.9. The number of methoxy groups -OCH3 is 1. The predicted molar refractivity (Wildman–Crippen MR) is 163 cm³/mol. The van der Waals surface area contributed by atoms with E-state index in [9.17, 15) is 9.59 Å². The summed E-state index contributed by atoms with van der Waals surface area (Å²) in [5.74, 6) is 0.594. The largest absolute Gasteiger partial charge is 0.482 e. The Morgan fingerprint density at radius 1 is 1.05 bits per heavy atom. The number of nitrogens with one attached hydrogen (secondary N) is 1. The summed E-state index contributed by atoms with van der Waals surface area (Å²) >= 11 is 0. The number of amides is 2. The number of nitrogens with two attached hydrogens (primary N) is 1. The van der Waals surface area contributed by atoms with Gasteiger partial charge in [-0.2, -0.15) is 0 Å². The highest BCUT2D eigenvalue weighted by atomic mass is 16.5. The van der Waals surface area contributed by atoms with Crippen LogP contribution in [0, 0.1) is 6.92 Å². The van der Waals surface area contributed by atoms with E-state index in [-0.39, 0.29) is 23.9 Å². The molecule has 6 heterocycles. The first kappa shape index (κ1) is 28.2. The lowest BCUT2D eigenvalue weighted by Crippen LogP contribution is -2.45. The van der Waals surface area contributed by atoms with Crippen molar-refractivity contribution in [3.8, 4) is 17.3 Å². The number of rotatable bonds is 3. The van der Waals surface area contributed by atoms with Crippen molar-refractivity contribution in [1.82, 2.24) is 29.2 Å². The van der Waals surface area contributed by atoms with Crippen molar-refractivity contribution in [3.05, 3.63) is 47.3 Å². The van der Waals surface area contributed by atoms with E-state index in [0.717, 1.165) is 85.3 Å². The van der Waals surface area contributed by atoms with Gasteiger partial charge in [-0.1, -0.05) is 19.3 Å². The van der Waals surface area contributed by atoms with Crippen molar-refractivity contribution in [2.45, 2.75) is 83.8 Å². The first-order valence-corrected chi connectivity index (χ1v) is 15.3. The van der Waals surface area contributed by atoms with Gasteiger partial charge in [-0.3, -0.25) is 14.0 Å². The Hall–Kier alpha value is -3.92. The van der Waals surface area contributed by atoms with Crippen molar-refractivity contribution in [3.63, 3.8) is 0 Å². The Balaban J connectivity index is 1.44. The molecule has 10 nitrogen and oxygen atoms in total. The highest BCUT2D eigenvalue weighted by Gasteiger charge is 2.26. The minimum atomic E-state index is -0.178. The van der Waals surface area contributed by atoms with Gasteiger partial charge >= 0.3 is 0 Å². The Bertz CT molecular complexity index is 1640. The molecule has 2 atom stereocenters. The average Bonchev–Trinajstić information content (AvgIpc) is 3.51. The number of nitrogens with zero attached hydrogens (tertiary/aromatic N) is 5. The summed E-state index contributed by atoms with van der Waals surface area (Å²) in [7, 11) is 1.62. The number of hydrogen-bond acceptors (Lipinski definition) is 6. The number of fused-ring (bicyclic) bond motifs is 2. The van der Waals surface area contributed by atoms with Crippen molar-refractivity contribution >= 4 is 28.5 Å². The summed E-state index contributed by atoms with van der Waals surface area (Å²) < 4.78 is 10.0. The maximum absolute atomic E-state index is 13.5. The summed E-state index contributed by atoms with van der Waals surface area (Å²) in [5.41, 5.74) is 11.9. The zero-order chi connectivity index (χ0) is 29.4. The van der Waals surface area contributed by atoms with Crippen LogP contribution in [-0.4, -0.2) is 61.9 Å². The highest BCUT2D eigenvalue weighted by Crippen LogP contribution is 2.33. The van der Waals surface area contributed by atoms with Crippen LogP contribution in [0.2, 0.25) is 0 Å². The fourth-order valence-corrected chi connectivity index (χ4v) is 6.45. The fourth-order valence-electron chi connectivity index (χ4n) is 6.45. The Labute approximate surface area is 246 Å². The topological polar surface area (TPSA) is 120 Å². The van der Waals surface area contributed by atoms with E-state index < -0.39 is 0 Å². The molecule has 0 saturated carbocycles. The summed E-state index contributed by atoms with van der Waals surface area (Å²) in [6, 6.07) is 9.71. The molecule has 0 unspecified atom stereocenters. The van der Waals surface area contributed by atoms with E-state index >= 15 is 0 Å². The third kappa shape index (κ3) is 5.35. The van der Waals surface area contributed by atoms with Crippen molar-refractivity contribution in [1.29, 1.82) is 0 Å². The summed E-state index contributed by atoms with van der Waals surface area (Å²) in [6.45, 7) is 6.10. The lowest BCUT2D eigenvalue weighted by molar-refractivity contribution is -0.121. The molecule has 0 aliphatic carbocycles. The van der Waals surface area contributed by atoms with Crippen LogP contribution in [-0.2, 0) is 11.3 Å². The Morgan fingerprint density at radius 3 is 2.67 bits per heavy atom. The number of piperidine rings is 1. The summed E-state index contributed by atoms with van der Waals surface area (Å²) in [6.07, 6.45) is 7.55. The Kier molecular flexibility index (Phi) is 7.90. The van der Waals surface area contributed by atoms with E-state index in [1.807, 2.05) is 35.3 Å². The number of aryl methyl sites for hydroxylation is 2. The van der Waals surface area contributed by atoms with E-state index in [1.54, 1.807) is 13.2 Å². The van der Waals surface area contributed by atoms with Crippen LogP contribution >= 0.6 is 0 Å². The van der Waals surface area contributed by atoms with Crippen LogP contribution in [0.4, 0.5) is 0 Å². The Morgan fingerprint density at radius 2 is 1.86 bits per heavy atom. The number of pyridine rings is 2. The second-order valence-corrected chi connectivity index (χ2v) is 11.8. The van der Waals surface area contributed by atoms with Crippen LogP contribution < -0.4 is 15.8 Å². The second-order valence-electron chi connectivity index (χ2n) is 11.8. The van der Waals surface area contributed by atoms with E-state index in [4.69, 9.17) is 20.4 Å². The zero-order valence-corrected chi connectivity index (χ0v) is 24.9. The number of carbonyl (C=O) groups excluding carboxylic acids is 2. The maximum Gasteiger partial charge on any atom is 0.254 e. The fraction of sp³-hybridized carbons (Fsp3) is 0.500. The first-order valence-electron chi connectivity index (χ1n) is 15.3. The number of ether oxygens (including phenoxy) is 1. The minimum Gasteiger partial charge on any atom is -0.482 e. The highest BCUT2D eigenvalue weighted by molar-refractivity contribution is 5.96. The molecule has 2 aliphatic heterocycles. The van der Waals surface area contributed by atoms with Gasteiger partial charge in [0.15, 0.2) is 5.88 Å². The predicted octanol–water partition coefficient (Wildman–Crippen LogP) is 4.76. The molecule has 2 amide bonds. The molecular weight excluding hydrogens is 530 g/mol. The number of carbonyl (C=O) groups is 2. The molecule has 4 aromatic heterocycles. The molecule has 0 aromatic carbocycles. The van der Waals surface area contributed by atoms with Gasteiger partial charge in [0.2, 0.25) is 5.91 Å². The number of likely N-dealkylation sites (tertiary alicyclic amines) is 1. The van der Waals surface area contributed by atoms with Crippen molar-refractivity contribution in [2.75, 3.05) is 20.2 Å². The van der Waals surface area contributed by atoms with E-state index in [1.165, 1.54) is 0 Å². The van der Waals surface area contributed by atoms with Crippen molar-refractivity contribution < 1.29 is 14.3 Å². The second kappa shape index (κ2) is 11.8. The lowest BCUT2D eigenvalue weighted by Gasteiger charge is -2.30. The van der Waals surface area contributed by atoms with Gasteiger partial charge in [0, 0.05) is 49.1 Å². The molecule has 42 heavy (non-hydrogen) atoms. The molecule has 10 heteroatoms. The molecular formula is C32H41N7O3. The number of imidazole rings is 1. The maximum atomic E-state index is 13.5. The number of aromatic nitrogens is 4. The van der Waals surface area contributed by atoms with Gasteiger partial charge in [-0.05, 0) is 63.8 Å². The molecule has 6 rings (SSSR count). The van der Waals surface area contributed by atoms with Crippen LogP contribution in [0.3, 0.4) is 0 Å². The quantitative estimate of drug-likeness (QED) is 0.366. The molecule has 4 aromatic rings. The van der Waals surface area contributed by atoms with Gasteiger partial charge in [-0.15, -0.1) is 0 Å². The summed E-state index contributed by atoms with van der Waals surface area (Å²) in [4.78, 5) is 37.9. The van der Waals surface area contributed by atoms with Gasteiger partial charge in [-0.25, -0.2) is 9.97 Å². The molecule has 222 valence electrons.